The van der Waals surface area contributed by atoms with Gasteiger partial charge in [0.2, 0.25) is 0 Å². The number of nitrogens with zero attached hydrogens (tertiary/aromatic N) is 2. The fraction of sp³-hybridized carbons (Fsp3) is 0. The Hall–Kier alpha value is -3.73. The van der Waals surface area contributed by atoms with E-state index in [4.69, 9.17) is 5.41 Å². The normalized spacial score (nSPS) is 10.8. The molecule has 0 radical (unpaired) electrons. The van der Waals surface area contributed by atoms with Crippen LogP contribution in [0.25, 0.3) is 16.6 Å². The van der Waals surface area contributed by atoms with Crippen molar-refractivity contribution in [1.29, 1.82) is 5.41 Å². The number of rotatable bonds is 4. The highest BCUT2D eigenvalue weighted by molar-refractivity contribution is 6.18. The second-order valence-corrected chi connectivity index (χ2v) is 5.92. The minimum atomic E-state index is -0.383. The van der Waals surface area contributed by atoms with Gasteiger partial charge in [-0.25, -0.2) is 0 Å². The monoisotopic (exact) mass is 341 g/mol. The summed E-state index contributed by atoms with van der Waals surface area (Å²) in [5.41, 5.74) is 3.28. The van der Waals surface area contributed by atoms with Gasteiger partial charge in [-0.2, -0.15) is 0 Å². The molecule has 0 aliphatic rings. The average molecular weight is 341 g/mol. The van der Waals surface area contributed by atoms with Crippen LogP contribution in [0.2, 0.25) is 0 Å². The van der Waals surface area contributed by atoms with Crippen molar-refractivity contribution in [3.05, 3.63) is 106 Å². The molecule has 4 aromatic rings. The standard InChI is InChI=1S/C21H15N3O2/c22-21(15-8-2-1-3-9-15)17-14-23(18-11-5-4-10-16(17)18)19-12-6-7-13-20(19)24(25)26/h1-14,22H. The summed E-state index contributed by atoms with van der Waals surface area (Å²) in [5, 5.41) is 21.0. The summed E-state index contributed by atoms with van der Waals surface area (Å²) < 4.78 is 1.79. The topological polar surface area (TPSA) is 71.9 Å². The molecule has 0 saturated carbocycles. The Balaban J connectivity index is 1.97. The Morgan fingerprint density at radius 1 is 0.885 bits per heavy atom. The molecule has 26 heavy (non-hydrogen) atoms. The van der Waals surface area contributed by atoms with Gasteiger partial charge in [0, 0.05) is 28.8 Å². The average Bonchev–Trinajstić information content (AvgIpc) is 3.07. The van der Waals surface area contributed by atoms with Crippen molar-refractivity contribution in [2.45, 2.75) is 0 Å². The molecule has 5 heteroatoms. The quantitative estimate of drug-likeness (QED) is 0.324. The number of nitro groups is 1. The van der Waals surface area contributed by atoms with Gasteiger partial charge in [0.25, 0.3) is 5.69 Å². The molecule has 3 aromatic carbocycles. The Kier molecular flexibility index (Phi) is 3.82. The Morgan fingerprint density at radius 3 is 2.31 bits per heavy atom. The minimum Gasteiger partial charge on any atom is -0.310 e. The van der Waals surface area contributed by atoms with E-state index in [1.807, 2.05) is 60.8 Å². The molecule has 0 fully saturated rings. The van der Waals surface area contributed by atoms with Gasteiger partial charge < -0.3 is 4.57 Å². The number of benzene rings is 3. The smallest absolute Gasteiger partial charge is 0.293 e. The lowest BCUT2D eigenvalue weighted by Gasteiger charge is -2.05. The van der Waals surface area contributed by atoms with Crippen molar-refractivity contribution in [3.63, 3.8) is 0 Å². The number of hydrogen-bond donors (Lipinski definition) is 1. The molecule has 1 aromatic heterocycles. The second-order valence-electron chi connectivity index (χ2n) is 5.92. The lowest BCUT2D eigenvalue weighted by Crippen LogP contribution is -2.01. The predicted octanol–water partition coefficient (Wildman–Crippen LogP) is 4.95. The van der Waals surface area contributed by atoms with E-state index in [1.165, 1.54) is 6.07 Å². The number of aromatic nitrogens is 1. The molecular formula is C21H15N3O2. The van der Waals surface area contributed by atoms with Crippen molar-refractivity contribution in [2.24, 2.45) is 0 Å². The fourth-order valence-corrected chi connectivity index (χ4v) is 3.16. The van der Waals surface area contributed by atoms with Gasteiger partial charge >= 0.3 is 0 Å². The summed E-state index contributed by atoms with van der Waals surface area (Å²) in [6.07, 6.45) is 1.81. The van der Waals surface area contributed by atoms with Crippen LogP contribution < -0.4 is 0 Å². The van der Waals surface area contributed by atoms with E-state index in [1.54, 1.807) is 22.8 Å². The molecule has 0 spiro atoms. The predicted molar refractivity (Wildman–Crippen MR) is 102 cm³/mol. The molecule has 1 N–H and O–H groups in total. The van der Waals surface area contributed by atoms with E-state index in [9.17, 15) is 10.1 Å². The highest BCUT2D eigenvalue weighted by Gasteiger charge is 2.19. The van der Waals surface area contributed by atoms with Crippen LogP contribution in [0.1, 0.15) is 11.1 Å². The second kappa shape index (κ2) is 6.29. The summed E-state index contributed by atoms with van der Waals surface area (Å²) in [6, 6.07) is 23.8. The minimum absolute atomic E-state index is 0.0334. The molecule has 0 amide bonds. The van der Waals surface area contributed by atoms with Gasteiger partial charge in [-0.1, -0.05) is 60.7 Å². The lowest BCUT2D eigenvalue weighted by atomic mass is 10.0. The summed E-state index contributed by atoms with van der Waals surface area (Å²) in [7, 11) is 0. The Morgan fingerprint density at radius 2 is 1.54 bits per heavy atom. The zero-order valence-electron chi connectivity index (χ0n) is 13.8. The first-order valence-electron chi connectivity index (χ1n) is 8.15. The van der Waals surface area contributed by atoms with Crippen LogP contribution in [0.5, 0.6) is 0 Å². The zero-order chi connectivity index (χ0) is 18.1. The third-order valence-corrected chi connectivity index (χ3v) is 4.38. The highest BCUT2D eigenvalue weighted by atomic mass is 16.6. The van der Waals surface area contributed by atoms with Gasteiger partial charge in [0.15, 0.2) is 0 Å². The van der Waals surface area contributed by atoms with Crippen LogP contribution in [-0.2, 0) is 0 Å². The molecule has 0 saturated heterocycles. The van der Waals surface area contributed by atoms with Crippen LogP contribution >= 0.6 is 0 Å². The number of fused-ring (bicyclic) bond motifs is 1. The maximum absolute atomic E-state index is 11.4. The van der Waals surface area contributed by atoms with Gasteiger partial charge in [-0.3, -0.25) is 15.5 Å². The van der Waals surface area contributed by atoms with Gasteiger partial charge in [0.05, 0.1) is 16.2 Å². The number of nitro benzene ring substituents is 1. The van der Waals surface area contributed by atoms with Crippen molar-refractivity contribution in [1.82, 2.24) is 4.57 Å². The Labute approximate surface area is 149 Å². The number of para-hydroxylation sites is 3. The largest absolute Gasteiger partial charge is 0.310 e. The maximum Gasteiger partial charge on any atom is 0.293 e. The highest BCUT2D eigenvalue weighted by Crippen LogP contribution is 2.30. The van der Waals surface area contributed by atoms with Crippen molar-refractivity contribution in [3.8, 4) is 5.69 Å². The van der Waals surface area contributed by atoms with Crippen molar-refractivity contribution < 1.29 is 4.92 Å². The summed E-state index contributed by atoms with van der Waals surface area (Å²) in [6.45, 7) is 0. The van der Waals surface area contributed by atoms with E-state index in [0.29, 0.717) is 11.4 Å². The van der Waals surface area contributed by atoms with E-state index >= 15 is 0 Å². The fourth-order valence-electron chi connectivity index (χ4n) is 3.16. The van der Waals surface area contributed by atoms with Gasteiger partial charge in [0.1, 0.15) is 5.69 Å². The first kappa shape index (κ1) is 15.8. The number of hydrogen-bond acceptors (Lipinski definition) is 3. The van der Waals surface area contributed by atoms with Crippen LogP contribution in [0.15, 0.2) is 85.1 Å². The SMILES string of the molecule is N=C(c1ccccc1)c1cn(-c2ccccc2[N+](=O)[O-])c2ccccc12. The first-order valence-corrected chi connectivity index (χ1v) is 8.15. The Bertz CT molecular complexity index is 1130. The molecule has 0 aliphatic carbocycles. The third kappa shape index (κ3) is 2.56. The molecule has 126 valence electrons. The van der Waals surface area contributed by atoms with Crippen molar-refractivity contribution in [2.75, 3.05) is 0 Å². The van der Waals surface area contributed by atoms with E-state index < -0.39 is 0 Å². The van der Waals surface area contributed by atoms with Gasteiger partial charge in [-0.15, -0.1) is 0 Å². The van der Waals surface area contributed by atoms with E-state index in [2.05, 4.69) is 0 Å². The lowest BCUT2D eigenvalue weighted by molar-refractivity contribution is -0.384. The molecule has 0 bridgehead atoms. The maximum atomic E-state index is 11.4. The third-order valence-electron chi connectivity index (χ3n) is 4.38. The van der Waals surface area contributed by atoms with Crippen LogP contribution in [0.3, 0.4) is 0 Å². The molecule has 1 heterocycles. The summed E-state index contributed by atoms with van der Waals surface area (Å²) >= 11 is 0. The molecule has 0 unspecified atom stereocenters. The molecule has 0 aliphatic heterocycles. The summed E-state index contributed by atoms with van der Waals surface area (Å²) in [4.78, 5) is 11.1. The number of nitrogens with one attached hydrogen (secondary N) is 1. The van der Waals surface area contributed by atoms with E-state index in [0.717, 1.165) is 22.0 Å². The summed E-state index contributed by atoms with van der Waals surface area (Å²) in [5.74, 6) is 0. The van der Waals surface area contributed by atoms with Gasteiger partial charge in [-0.05, 0) is 12.1 Å². The van der Waals surface area contributed by atoms with Crippen LogP contribution in [-0.4, -0.2) is 15.2 Å². The van der Waals surface area contributed by atoms with Crippen LogP contribution in [0.4, 0.5) is 5.69 Å². The molecule has 0 atom stereocenters. The first-order chi connectivity index (χ1) is 12.7. The molecule has 5 nitrogen and oxygen atoms in total. The van der Waals surface area contributed by atoms with Crippen LogP contribution in [0, 0.1) is 15.5 Å². The van der Waals surface area contributed by atoms with E-state index in [-0.39, 0.29) is 10.6 Å². The zero-order valence-corrected chi connectivity index (χ0v) is 13.8. The van der Waals surface area contributed by atoms with Crippen molar-refractivity contribution >= 4 is 22.3 Å². The molecular weight excluding hydrogens is 326 g/mol. The molecule has 4 rings (SSSR count).